The number of anilines is 1. The molecule has 0 bridgehead atoms. The van der Waals surface area contributed by atoms with Crippen molar-refractivity contribution in [3.63, 3.8) is 0 Å². The molecule has 0 aliphatic rings. The number of nitrogens with zero attached hydrogens (tertiary/aromatic N) is 2. The Morgan fingerprint density at radius 1 is 1.42 bits per heavy atom. The standard InChI is InChI=1S/C16H19F2N3O2S/c1-3-10(22)9-21(2)16(23)20-15-19-8-11(24-15)7-12-13(17)5-4-6-14(12)18/h4-6,8,10,22H,3,7,9H2,1-2H3,(H,19,20,23)/t10-/m1/s1. The fourth-order valence-electron chi connectivity index (χ4n) is 2.04. The van der Waals surface area contributed by atoms with E-state index in [1.165, 1.54) is 29.3 Å². The highest BCUT2D eigenvalue weighted by Gasteiger charge is 2.15. The second-order valence-electron chi connectivity index (χ2n) is 5.38. The summed E-state index contributed by atoms with van der Waals surface area (Å²) in [4.78, 5) is 18.0. The molecule has 0 saturated heterocycles. The van der Waals surface area contributed by atoms with Crippen LogP contribution in [0.2, 0.25) is 0 Å². The van der Waals surface area contributed by atoms with E-state index in [2.05, 4.69) is 10.3 Å². The normalized spacial score (nSPS) is 12.0. The number of thiazole rings is 1. The number of aliphatic hydroxyl groups is 1. The number of nitrogens with one attached hydrogen (secondary N) is 1. The molecule has 0 aliphatic carbocycles. The number of aliphatic hydroxyl groups excluding tert-OH is 1. The lowest BCUT2D eigenvalue weighted by atomic mass is 10.1. The summed E-state index contributed by atoms with van der Waals surface area (Å²) in [6.45, 7) is 2.03. The topological polar surface area (TPSA) is 65.5 Å². The molecular weight excluding hydrogens is 336 g/mol. The van der Waals surface area contributed by atoms with Crippen LogP contribution in [0.15, 0.2) is 24.4 Å². The number of urea groups is 1. The predicted molar refractivity (Wildman–Crippen MR) is 89.2 cm³/mol. The molecule has 130 valence electrons. The van der Waals surface area contributed by atoms with Gasteiger partial charge in [0.25, 0.3) is 0 Å². The molecule has 0 fully saturated rings. The van der Waals surface area contributed by atoms with Crippen LogP contribution in [0.4, 0.5) is 18.7 Å². The maximum absolute atomic E-state index is 13.7. The smallest absolute Gasteiger partial charge is 0.323 e. The van der Waals surface area contributed by atoms with Crippen LogP contribution < -0.4 is 5.32 Å². The lowest BCUT2D eigenvalue weighted by Gasteiger charge is -2.19. The summed E-state index contributed by atoms with van der Waals surface area (Å²) in [6, 6.07) is 3.32. The molecule has 1 aromatic carbocycles. The molecule has 0 radical (unpaired) electrons. The lowest BCUT2D eigenvalue weighted by Crippen LogP contribution is -2.37. The van der Waals surface area contributed by atoms with Gasteiger partial charge in [-0.25, -0.2) is 18.6 Å². The summed E-state index contributed by atoms with van der Waals surface area (Å²) in [6.07, 6.45) is 1.51. The number of hydrogen-bond acceptors (Lipinski definition) is 4. The maximum Gasteiger partial charge on any atom is 0.323 e. The molecular formula is C16H19F2N3O2S. The third kappa shape index (κ3) is 4.72. The van der Waals surface area contributed by atoms with Crippen molar-refractivity contribution in [1.82, 2.24) is 9.88 Å². The van der Waals surface area contributed by atoms with Crippen LogP contribution in [0.5, 0.6) is 0 Å². The molecule has 2 aromatic rings. The molecule has 1 atom stereocenters. The molecule has 8 heteroatoms. The minimum Gasteiger partial charge on any atom is -0.391 e. The summed E-state index contributed by atoms with van der Waals surface area (Å²) in [7, 11) is 1.57. The molecule has 5 nitrogen and oxygen atoms in total. The van der Waals surface area contributed by atoms with E-state index in [1.807, 2.05) is 6.92 Å². The van der Waals surface area contributed by atoms with E-state index in [0.717, 1.165) is 11.3 Å². The Labute approximate surface area is 142 Å². The van der Waals surface area contributed by atoms with Gasteiger partial charge in [-0.3, -0.25) is 5.32 Å². The number of likely N-dealkylation sites (N-methyl/N-ethyl adjacent to an activating group) is 1. The van der Waals surface area contributed by atoms with E-state index in [9.17, 15) is 18.7 Å². The van der Waals surface area contributed by atoms with Crippen molar-refractivity contribution >= 4 is 22.5 Å². The molecule has 0 unspecified atom stereocenters. The average molecular weight is 355 g/mol. The largest absolute Gasteiger partial charge is 0.391 e. The second kappa shape index (κ2) is 8.16. The fourth-order valence-corrected chi connectivity index (χ4v) is 2.85. The summed E-state index contributed by atoms with van der Waals surface area (Å²) in [5.74, 6) is -1.22. The van der Waals surface area contributed by atoms with Crippen molar-refractivity contribution < 1.29 is 18.7 Å². The van der Waals surface area contributed by atoms with E-state index >= 15 is 0 Å². The highest BCUT2D eigenvalue weighted by atomic mass is 32.1. The van der Waals surface area contributed by atoms with E-state index in [4.69, 9.17) is 0 Å². The van der Waals surface area contributed by atoms with Gasteiger partial charge in [-0.2, -0.15) is 0 Å². The molecule has 1 aromatic heterocycles. The quantitative estimate of drug-likeness (QED) is 0.836. The van der Waals surface area contributed by atoms with Crippen molar-refractivity contribution in [2.24, 2.45) is 0 Å². The lowest BCUT2D eigenvalue weighted by molar-refractivity contribution is 0.131. The van der Waals surface area contributed by atoms with Crippen molar-refractivity contribution in [1.29, 1.82) is 0 Å². The van der Waals surface area contributed by atoms with Crippen LogP contribution >= 0.6 is 11.3 Å². The molecule has 1 heterocycles. The first-order chi connectivity index (χ1) is 11.4. The Hall–Kier alpha value is -2.06. The number of rotatable bonds is 6. The summed E-state index contributed by atoms with van der Waals surface area (Å²) >= 11 is 1.15. The van der Waals surface area contributed by atoms with Gasteiger partial charge in [-0.1, -0.05) is 13.0 Å². The zero-order chi connectivity index (χ0) is 17.7. The highest BCUT2D eigenvalue weighted by molar-refractivity contribution is 7.15. The minimum atomic E-state index is -0.609. The molecule has 2 N–H and O–H groups in total. The number of carbonyl (C=O) groups excluding carboxylic acids is 1. The van der Waals surface area contributed by atoms with Crippen LogP contribution in [-0.4, -0.2) is 40.7 Å². The van der Waals surface area contributed by atoms with Crippen molar-refractivity contribution in [2.45, 2.75) is 25.9 Å². The Bertz CT molecular complexity index is 688. The third-order valence-electron chi connectivity index (χ3n) is 3.48. The van der Waals surface area contributed by atoms with Gasteiger partial charge in [-0.15, -0.1) is 11.3 Å². The molecule has 0 saturated carbocycles. The maximum atomic E-state index is 13.7. The summed E-state index contributed by atoms with van der Waals surface area (Å²) in [5, 5.41) is 12.5. The van der Waals surface area contributed by atoms with Crippen LogP contribution in [0.25, 0.3) is 0 Å². The summed E-state index contributed by atoms with van der Waals surface area (Å²) < 4.78 is 27.3. The Kier molecular flexibility index (Phi) is 6.22. The first kappa shape index (κ1) is 18.3. The van der Waals surface area contributed by atoms with Gasteiger partial charge >= 0.3 is 6.03 Å². The van der Waals surface area contributed by atoms with Gasteiger partial charge in [0.15, 0.2) is 5.13 Å². The Balaban J connectivity index is 1.99. The Morgan fingerprint density at radius 2 is 2.08 bits per heavy atom. The first-order valence-corrected chi connectivity index (χ1v) is 8.30. The molecule has 0 spiro atoms. The van der Waals surface area contributed by atoms with Gasteiger partial charge in [0.05, 0.1) is 6.10 Å². The number of halogens is 2. The zero-order valence-electron chi connectivity index (χ0n) is 13.4. The highest BCUT2D eigenvalue weighted by Crippen LogP contribution is 2.24. The van der Waals surface area contributed by atoms with E-state index < -0.39 is 23.8 Å². The molecule has 0 aliphatic heterocycles. The first-order valence-electron chi connectivity index (χ1n) is 7.48. The van der Waals surface area contributed by atoms with Gasteiger partial charge < -0.3 is 10.0 Å². The Morgan fingerprint density at radius 3 is 2.71 bits per heavy atom. The van der Waals surface area contributed by atoms with E-state index in [0.29, 0.717) is 16.4 Å². The van der Waals surface area contributed by atoms with Crippen molar-refractivity contribution in [3.05, 3.63) is 46.5 Å². The van der Waals surface area contributed by atoms with Gasteiger partial charge in [-0.05, 0) is 18.6 Å². The van der Waals surface area contributed by atoms with Crippen LogP contribution in [-0.2, 0) is 6.42 Å². The van der Waals surface area contributed by atoms with Crippen molar-refractivity contribution in [2.75, 3.05) is 18.9 Å². The second-order valence-corrected chi connectivity index (χ2v) is 6.50. The fraction of sp³-hybridized carbons (Fsp3) is 0.375. The number of aromatic nitrogens is 1. The zero-order valence-corrected chi connectivity index (χ0v) is 14.2. The van der Waals surface area contributed by atoms with E-state index in [1.54, 1.807) is 7.05 Å². The van der Waals surface area contributed by atoms with E-state index in [-0.39, 0.29) is 18.5 Å². The minimum absolute atomic E-state index is 0.0257. The predicted octanol–water partition coefficient (Wildman–Crippen LogP) is 3.25. The third-order valence-corrected chi connectivity index (χ3v) is 4.40. The van der Waals surface area contributed by atoms with Gasteiger partial charge in [0, 0.05) is 36.7 Å². The van der Waals surface area contributed by atoms with Gasteiger partial charge in [0.2, 0.25) is 0 Å². The number of amides is 2. The number of carbonyl (C=O) groups is 1. The molecule has 2 rings (SSSR count). The SMILES string of the molecule is CC[C@@H](O)CN(C)C(=O)Nc1ncc(Cc2c(F)cccc2F)s1. The number of benzene rings is 1. The molecule has 2 amide bonds. The van der Waals surface area contributed by atoms with Crippen LogP contribution in [0, 0.1) is 11.6 Å². The van der Waals surface area contributed by atoms with Crippen LogP contribution in [0.1, 0.15) is 23.8 Å². The van der Waals surface area contributed by atoms with Gasteiger partial charge in [0.1, 0.15) is 11.6 Å². The van der Waals surface area contributed by atoms with Crippen LogP contribution in [0.3, 0.4) is 0 Å². The summed E-state index contributed by atoms with van der Waals surface area (Å²) in [5.41, 5.74) is -0.0257. The number of hydrogen-bond donors (Lipinski definition) is 2. The monoisotopic (exact) mass is 355 g/mol. The van der Waals surface area contributed by atoms with Crippen molar-refractivity contribution in [3.8, 4) is 0 Å². The average Bonchev–Trinajstić information content (AvgIpc) is 2.98. The molecule has 24 heavy (non-hydrogen) atoms.